The molecule has 0 saturated heterocycles. The Morgan fingerprint density at radius 1 is 1.39 bits per heavy atom. The summed E-state index contributed by atoms with van der Waals surface area (Å²) in [6.07, 6.45) is 1.15. The van der Waals surface area contributed by atoms with Crippen molar-refractivity contribution in [2.24, 2.45) is 0 Å². The van der Waals surface area contributed by atoms with Crippen molar-refractivity contribution in [2.75, 3.05) is 13.7 Å². The smallest absolute Gasteiger partial charge is 0.0730 e. The van der Waals surface area contributed by atoms with Crippen LogP contribution in [-0.4, -0.2) is 13.7 Å². The van der Waals surface area contributed by atoms with Crippen LogP contribution in [0.3, 0.4) is 0 Å². The monoisotopic (exact) mass is 283 g/mol. The van der Waals surface area contributed by atoms with Crippen LogP contribution in [0.5, 0.6) is 0 Å². The highest BCUT2D eigenvalue weighted by Gasteiger charge is 2.12. The van der Waals surface area contributed by atoms with Crippen molar-refractivity contribution in [1.29, 1.82) is 0 Å². The Balaban J connectivity index is 2.35. The van der Waals surface area contributed by atoms with Gasteiger partial charge in [-0.1, -0.05) is 18.5 Å². The molecule has 1 aromatic carbocycles. The topological polar surface area (TPSA) is 21.3 Å². The number of halogens is 1. The average molecular weight is 284 g/mol. The van der Waals surface area contributed by atoms with Crippen molar-refractivity contribution in [3.63, 3.8) is 0 Å². The molecular formula is C14H18ClNOS. The molecule has 0 aliphatic rings. The van der Waals surface area contributed by atoms with E-state index in [1.165, 1.54) is 20.5 Å². The Morgan fingerprint density at radius 2 is 2.22 bits per heavy atom. The molecular weight excluding hydrogens is 266 g/mol. The van der Waals surface area contributed by atoms with Gasteiger partial charge in [-0.05, 0) is 36.6 Å². The third-order valence-electron chi connectivity index (χ3n) is 2.84. The van der Waals surface area contributed by atoms with E-state index in [1.807, 2.05) is 23.5 Å². The Labute approximate surface area is 117 Å². The van der Waals surface area contributed by atoms with E-state index in [4.69, 9.17) is 16.3 Å². The lowest BCUT2D eigenvalue weighted by molar-refractivity contribution is 0.185. The first-order valence-electron chi connectivity index (χ1n) is 6.15. The minimum Gasteiger partial charge on any atom is -0.380 e. The predicted octanol–water partition coefficient (Wildman–Crippen LogP) is 4.20. The van der Waals surface area contributed by atoms with Crippen LogP contribution in [0.2, 0.25) is 5.02 Å². The fraction of sp³-hybridized carbons (Fsp3) is 0.429. The van der Waals surface area contributed by atoms with Crippen LogP contribution >= 0.6 is 22.9 Å². The van der Waals surface area contributed by atoms with Gasteiger partial charge in [0.05, 0.1) is 6.61 Å². The van der Waals surface area contributed by atoms with Crippen molar-refractivity contribution in [3.05, 3.63) is 33.7 Å². The predicted molar refractivity (Wildman–Crippen MR) is 79.5 cm³/mol. The van der Waals surface area contributed by atoms with E-state index in [1.54, 1.807) is 7.11 Å². The maximum absolute atomic E-state index is 6.08. The minimum absolute atomic E-state index is 0.642. The molecule has 0 radical (unpaired) electrons. The Morgan fingerprint density at radius 3 is 2.94 bits per heavy atom. The van der Waals surface area contributed by atoms with Crippen molar-refractivity contribution < 1.29 is 4.74 Å². The lowest BCUT2D eigenvalue weighted by Crippen LogP contribution is -2.13. The molecule has 18 heavy (non-hydrogen) atoms. The molecule has 98 valence electrons. The molecule has 2 nitrogen and oxygen atoms in total. The summed E-state index contributed by atoms with van der Waals surface area (Å²) in [6.45, 7) is 4.77. The van der Waals surface area contributed by atoms with Crippen molar-refractivity contribution in [2.45, 2.75) is 26.5 Å². The molecule has 1 aromatic heterocycles. The van der Waals surface area contributed by atoms with E-state index in [9.17, 15) is 0 Å². The number of hydrogen-bond donors (Lipinski definition) is 1. The fourth-order valence-corrected chi connectivity index (χ4v) is 3.33. The molecule has 0 amide bonds. The maximum Gasteiger partial charge on any atom is 0.0730 e. The zero-order valence-electron chi connectivity index (χ0n) is 10.8. The summed E-state index contributed by atoms with van der Waals surface area (Å²) >= 11 is 7.90. The number of hydrogen-bond acceptors (Lipinski definition) is 3. The molecule has 0 aliphatic heterocycles. The second-order valence-electron chi connectivity index (χ2n) is 4.25. The Hall–Kier alpha value is -0.610. The molecule has 4 heteroatoms. The van der Waals surface area contributed by atoms with Gasteiger partial charge in [0.1, 0.15) is 0 Å². The van der Waals surface area contributed by atoms with Gasteiger partial charge in [0.15, 0.2) is 0 Å². The van der Waals surface area contributed by atoms with E-state index in [0.717, 1.165) is 24.5 Å². The van der Waals surface area contributed by atoms with E-state index in [0.29, 0.717) is 6.61 Å². The Kier molecular flexibility index (Phi) is 5.01. The van der Waals surface area contributed by atoms with Gasteiger partial charge >= 0.3 is 0 Å². The average Bonchev–Trinajstić information content (AvgIpc) is 2.68. The first-order valence-corrected chi connectivity index (χ1v) is 7.35. The third kappa shape index (κ3) is 3.04. The minimum atomic E-state index is 0.642. The molecule has 0 spiro atoms. The molecule has 0 saturated carbocycles. The second-order valence-corrected chi connectivity index (χ2v) is 5.83. The van der Waals surface area contributed by atoms with Gasteiger partial charge in [-0.2, -0.15) is 0 Å². The summed E-state index contributed by atoms with van der Waals surface area (Å²) in [7, 11) is 1.73. The number of benzene rings is 1. The Bertz CT molecular complexity index is 524. The van der Waals surface area contributed by atoms with Gasteiger partial charge in [-0.25, -0.2) is 0 Å². The first-order chi connectivity index (χ1) is 8.76. The molecule has 0 aliphatic carbocycles. The number of rotatable bonds is 6. The number of fused-ring (bicyclic) bond motifs is 1. The zero-order valence-corrected chi connectivity index (χ0v) is 12.3. The van der Waals surface area contributed by atoms with Crippen LogP contribution < -0.4 is 5.32 Å². The number of thiophene rings is 1. The first kappa shape index (κ1) is 13.8. The third-order valence-corrected chi connectivity index (χ3v) is 4.29. The van der Waals surface area contributed by atoms with Crippen molar-refractivity contribution >= 4 is 33.0 Å². The largest absolute Gasteiger partial charge is 0.380 e. The molecule has 0 atom stereocenters. The number of methoxy groups -OCH3 is 1. The van der Waals surface area contributed by atoms with Crippen LogP contribution in [0.25, 0.3) is 10.1 Å². The van der Waals surface area contributed by atoms with Gasteiger partial charge in [0.2, 0.25) is 0 Å². The van der Waals surface area contributed by atoms with E-state index in [-0.39, 0.29) is 0 Å². The zero-order chi connectivity index (χ0) is 13.0. The fourth-order valence-electron chi connectivity index (χ4n) is 2.00. The van der Waals surface area contributed by atoms with Gasteiger partial charge < -0.3 is 10.1 Å². The molecule has 0 unspecified atom stereocenters. The molecule has 1 N–H and O–H groups in total. The van der Waals surface area contributed by atoms with Crippen LogP contribution in [0.1, 0.15) is 23.8 Å². The molecule has 2 rings (SSSR count). The van der Waals surface area contributed by atoms with Gasteiger partial charge in [0.25, 0.3) is 0 Å². The summed E-state index contributed by atoms with van der Waals surface area (Å²) in [5, 5.41) is 5.46. The lowest BCUT2D eigenvalue weighted by atomic mass is 10.1. The van der Waals surface area contributed by atoms with Gasteiger partial charge in [-0.3, -0.25) is 0 Å². The van der Waals surface area contributed by atoms with E-state index >= 15 is 0 Å². The second kappa shape index (κ2) is 6.53. The van der Waals surface area contributed by atoms with Crippen LogP contribution in [0.15, 0.2) is 18.2 Å². The number of nitrogens with one attached hydrogen (secondary N) is 1. The summed E-state index contributed by atoms with van der Waals surface area (Å²) in [5.41, 5.74) is 1.27. The highest BCUT2D eigenvalue weighted by atomic mass is 35.5. The maximum atomic E-state index is 6.08. The molecule has 1 heterocycles. The van der Waals surface area contributed by atoms with E-state index in [2.05, 4.69) is 18.3 Å². The SMILES string of the molecule is CCCNCc1sc2ccc(Cl)cc2c1COC. The van der Waals surface area contributed by atoms with Crippen molar-refractivity contribution in [3.8, 4) is 0 Å². The van der Waals surface area contributed by atoms with Crippen LogP contribution in [0, 0.1) is 0 Å². The normalized spacial score (nSPS) is 11.3. The van der Waals surface area contributed by atoms with Crippen molar-refractivity contribution in [1.82, 2.24) is 5.32 Å². The summed E-state index contributed by atoms with van der Waals surface area (Å²) in [4.78, 5) is 1.35. The standard InChI is InChI=1S/C14H18ClNOS/c1-3-6-16-8-14-12(9-17-2)11-7-10(15)4-5-13(11)18-14/h4-5,7,16H,3,6,8-9H2,1-2H3. The van der Waals surface area contributed by atoms with Gasteiger partial charge in [-0.15, -0.1) is 11.3 Å². The van der Waals surface area contributed by atoms with Gasteiger partial charge in [0, 0.05) is 33.8 Å². The molecule has 2 aromatic rings. The van der Waals surface area contributed by atoms with E-state index < -0.39 is 0 Å². The highest BCUT2D eigenvalue weighted by Crippen LogP contribution is 2.33. The van der Waals surface area contributed by atoms with Crippen LogP contribution in [0.4, 0.5) is 0 Å². The highest BCUT2D eigenvalue weighted by molar-refractivity contribution is 7.19. The number of ether oxygens (including phenoxy) is 1. The summed E-state index contributed by atoms with van der Waals surface area (Å²) in [6, 6.07) is 6.07. The molecule has 0 fully saturated rings. The lowest BCUT2D eigenvalue weighted by Gasteiger charge is -2.05. The summed E-state index contributed by atoms with van der Waals surface area (Å²) in [5.74, 6) is 0. The summed E-state index contributed by atoms with van der Waals surface area (Å²) < 4.78 is 6.59. The quantitative estimate of drug-likeness (QED) is 0.802. The van der Waals surface area contributed by atoms with Crippen LogP contribution in [-0.2, 0) is 17.9 Å². The molecule has 0 bridgehead atoms.